The van der Waals surface area contributed by atoms with Crippen molar-refractivity contribution in [2.24, 2.45) is 17.8 Å². The maximum atomic E-state index is 13.6. The first-order valence-electron chi connectivity index (χ1n) is 10.3. The van der Waals surface area contributed by atoms with Gasteiger partial charge in [-0.05, 0) is 58.4 Å². The number of rotatable bonds is 3. The summed E-state index contributed by atoms with van der Waals surface area (Å²) < 4.78 is 0. The van der Waals surface area contributed by atoms with Crippen LogP contribution in [0.2, 0.25) is 5.02 Å². The van der Waals surface area contributed by atoms with E-state index in [4.69, 9.17) is 11.6 Å². The van der Waals surface area contributed by atoms with Gasteiger partial charge in [0, 0.05) is 22.5 Å². The zero-order chi connectivity index (χ0) is 20.1. The second-order valence-electron chi connectivity index (χ2n) is 8.56. The highest BCUT2D eigenvalue weighted by molar-refractivity contribution is 6.30. The average molecular weight is 402 g/mol. The molecule has 1 N–H and O–H groups in total. The number of carbonyl (C=O) groups is 1. The number of amides is 1. The molecule has 3 aromatic rings. The summed E-state index contributed by atoms with van der Waals surface area (Å²) in [5.41, 5.74) is 6.20. The molecular weight excluding hydrogens is 378 g/mol. The molecule has 1 amide bonds. The van der Waals surface area contributed by atoms with E-state index in [1.54, 1.807) is 0 Å². The SMILES string of the molecule is CC(C)[C@@H]1C2c3ccccc3C(c3ccccc32)[C@H]1C(=O)Nc1ccc(Cl)cc1. The van der Waals surface area contributed by atoms with E-state index in [0.717, 1.165) is 5.69 Å². The van der Waals surface area contributed by atoms with Gasteiger partial charge in [0.2, 0.25) is 5.91 Å². The molecule has 6 rings (SSSR count). The lowest BCUT2D eigenvalue weighted by Crippen LogP contribution is -2.47. The summed E-state index contributed by atoms with van der Waals surface area (Å²) in [5, 5.41) is 3.84. The van der Waals surface area contributed by atoms with E-state index in [1.165, 1.54) is 22.3 Å². The third kappa shape index (κ3) is 2.89. The second-order valence-corrected chi connectivity index (χ2v) is 8.99. The molecule has 3 heteroatoms. The van der Waals surface area contributed by atoms with Crippen LogP contribution in [-0.2, 0) is 4.79 Å². The molecule has 146 valence electrons. The molecule has 3 aromatic carbocycles. The van der Waals surface area contributed by atoms with Gasteiger partial charge >= 0.3 is 0 Å². The predicted molar refractivity (Wildman–Crippen MR) is 118 cm³/mol. The van der Waals surface area contributed by atoms with E-state index in [9.17, 15) is 4.79 Å². The summed E-state index contributed by atoms with van der Waals surface area (Å²) in [6.45, 7) is 4.50. The smallest absolute Gasteiger partial charge is 0.228 e. The predicted octanol–water partition coefficient (Wildman–Crippen LogP) is 6.46. The highest BCUT2D eigenvalue weighted by Gasteiger charge is 2.53. The lowest BCUT2D eigenvalue weighted by Gasteiger charge is -2.51. The molecule has 0 aromatic heterocycles. The molecule has 3 aliphatic carbocycles. The minimum absolute atomic E-state index is 0.0899. The van der Waals surface area contributed by atoms with Crippen LogP contribution in [0.4, 0.5) is 5.69 Å². The van der Waals surface area contributed by atoms with Gasteiger partial charge in [-0.2, -0.15) is 0 Å². The molecule has 0 saturated heterocycles. The Balaban J connectivity index is 1.63. The van der Waals surface area contributed by atoms with Crippen LogP contribution in [0.3, 0.4) is 0 Å². The Kier molecular flexibility index (Phi) is 4.48. The maximum Gasteiger partial charge on any atom is 0.228 e. The molecule has 0 saturated carbocycles. The van der Waals surface area contributed by atoms with Crippen molar-refractivity contribution >= 4 is 23.2 Å². The Hall–Kier alpha value is -2.58. The first-order valence-corrected chi connectivity index (χ1v) is 10.7. The Morgan fingerprint density at radius 2 is 1.28 bits per heavy atom. The first kappa shape index (κ1) is 18.4. The fraction of sp³-hybridized carbons (Fsp3) is 0.269. The van der Waals surface area contributed by atoms with Gasteiger partial charge in [-0.3, -0.25) is 4.79 Å². The molecule has 2 atom stereocenters. The van der Waals surface area contributed by atoms with Crippen molar-refractivity contribution in [3.8, 4) is 0 Å². The summed E-state index contributed by atoms with van der Waals surface area (Å²) in [6.07, 6.45) is 0. The Labute approximate surface area is 176 Å². The number of hydrogen-bond donors (Lipinski definition) is 1. The van der Waals surface area contributed by atoms with Crippen LogP contribution in [0, 0.1) is 17.8 Å². The summed E-state index contributed by atoms with van der Waals surface area (Å²) >= 11 is 6.01. The highest BCUT2D eigenvalue weighted by atomic mass is 35.5. The fourth-order valence-corrected chi connectivity index (χ4v) is 5.73. The molecule has 0 radical (unpaired) electrons. The van der Waals surface area contributed by atoms with Crippen molar-refractivity contribution < 1.29 is 4.79 Å². The van der Waals surface area contributed by atoms with Crippen LogP contribution in [0.15, 0.2) is 72.8 Å². The molecule has 0 unspecified atom stereocenters. The monoisotopic (exact) mass is 401 g/mol. The number of benzene rings is 3. The van der Waals surface area contributed by atoms with Crippen LogP contribution in [0.5, 0.6) is 0 Å². The highest BCUT2D eigenvalue weighted by Crippen LogP contribution is 2.60. The minimum atomic E-state index is -0.0968. The third-order valence-electron chi connectivity index (χ3n) is 6.68. The Morgan fingerprint density at radius 3 is 1.76 bits per heavy atom. The van der Waals surface area contributed by atoms with Crippen LogP contribution < -0.4 is 5.32 Å². The van der Waals surface area contributed by atoms with Crippen molar-refractivity contribution in [1.29, 1.82) is 0 Å². The van der Waals surface area contributed by atoms with Crippen molar-refractivity contribution in [3.63, 3.8) is 0 Å². The fourth-order valence-electron chi connectivity index (χ4n) is 5.61. The van der Waals surface area contributed by atoms with Crippen LogP contribution >= 0.6 is 11.6 Å². The van der Waals surface area contributed by atoms with Gasteiger partial charge < -0.3 is 5.32 Å². The molecular formula is C26H24ClNO. The number of nitrogens with one attached hydrogen (secondary N) is 1. The summed E-state index contributed by atoms with van der Waals surface area (Å²) in [6, 6.07) is 24.7. The van der Waals surface area contributed by atoms with Gasteiger partial charge in [-0.15, -0.1) is 0 Å². The van der Waals surface area contributed by atoms with Gasteiger partial charge in [0.25, 0.3) is 0 Å². The molecule has 29 heavy (non-hydrogen) atoms. The number of anilines is 1. The van der Waals surface area contributed by atoms with Gasteiger partial charge in [0.15, 0.2) is 0 Å². The van der Waals surface area contributed by atoms with E-state index in [1.807, 2.05) is 24.3 Å². The maximum absolute atomic E-state index is 13.6. The van der Waals surface area contributed by atoms with Gasteiger partial charge in [-0.25, -0.2) is 0 Å². The molecule has 2 nitrogen and oxygen atoms in total. The van der Waals surface area contributed by atoms with E-state index >= 15 is 0 Å². The summed E-state index contributed by atoms with van der Waals surface area (Å²) in [7, 11) is 0. The van der Waals surface area contributed by atoms with Crippen molar-refractivity contribution in [2.75, 3.05) is 5.32 Å². The quantitative estimate of drug-likeness (QED) is 0.536. The number of hydrogen-bond acceptors (Lipinski definition) is 1. The van der Waals surface area contributed by atoms with Crippen molar-refractivity contribution in [2.45, 2.75) is 25.7 Å². The van der Waals surface area contributed by atoms with Crippen LogP contribution in [0.25, 0.3) is 0 Å². The zero-order valence-electron chi connectivity index (χ0n) is 16.6. The summed E-state index contributed by atoms with van der Waals surface area (Å²) in [5.74, 6) is 1.01. The van der Waals surface area contributed by atoms with Crippen molar-refractivity contribution in [1.82, 2.24) is 0 Å². The molecule has 0 spiro atoms. The van der Waals surface area contributed by atoms with E-state index in [0.29, 0.717) is 10.9 Å². The third-order valence-corrected chi connectivity index (χ3v) is 6.93. The molecule has 0 aliphatic heterocycles. The van der Waals surface area contributed by atoms with Crippen molar-refractivity contribution in [3.05, 3.63) is 100 Å². The van der Waals surface area contributed by atoms with E-state index < -0.39 is 0 Å². The molecule has 2 bridgehead atoms. The minimum Gasteiger partial charge on any atom is -0.326 e. The Bertz CT molecular complexity index is 1020. The van der Waals surface area contributed by atoms with E-state index in [2.05, 4.69) is 67.7 Å². The average Bonchev–Trinajstić information content (AvgIpc) is 2.74. The number of carbonyl (C=O) groups excluding carboxylic acids is 1. The summed E-state index contributed by atoms with van der Waals surface area (Å²) in [4.78, 5) is 13.6. The lowest BCUT2D eigenvalue weighted by atomic mass is 9.52. The van der Waals surface area contributed by atoms with Crippen LogP contribution in [0.1, 0.15) is 47.9 Å². The zero-order valence-corrected chi connectivity index (χ0v) is 17.4. The van der Waals surface area contributed by atoms with Gasteiger partial charge in [0.05, 0.1) is 5.92 Å². The van der Waals surface area contributed by atoms with Gasteiger partial charge in [0.1, 0.15) is 0 Å². The number of halogens is 1. The Morgan fingerprint density at radius 1 is 0.793 bits per heavy atom. The van der Waals surface area contributed by atoms with Gasteiger partial charge in [-0.1, -0.05) is 74.0 Å². The number of fused-ring (bicyclic) bond motifs is 1. The largest absolute Gasteiger partial charge is 0.326 e. The molecule has 0 heterocycles. The molecule has 3 aliphatic rings. The topological polar surface area (TPSA) is 29.1 Å². The van der Waals surface area contributed by atoms with E-state index in [-0.39, 0.29) is 29.6 Å². The van der Waals surface area contributed by atoms with Crippen LogP contribution in [-0.4, -0.2) is 5.91 Å². The standard InChI is InChI=1S/C26H24ClNO/c1-15(2)22-23-18-7-3-5-9-20(18)24(21-10-6-4-8-19(21)23)25(22)26(29)28-17-13-11-16(27)12-14-17/h3-15,22-25H,1-2H3,(H,28,29)/t22-,23?,24?,25+/m1/s1. The second kappa shape index (κ2) is 7.03. The molecule has 0 fully saturated rings. The normalized spacial score (nSPS) is 24.1. The first-order chi connectivity index (χ1) is 14.1. The lowest BCUT2D eigenvalue weighted by molar-refractivity contribution is -0.123.